The first-order valence-corrected chi connectivity index (χ1v) is 13.3. The van der Waals surface area contributed by atoms with E-state index in [4.69, 9.17) is 4.74 Å². The van der Waals surface area contributed by atoms with Crippen LogP contribution in [0.3, 0.4) is 0 Å². The van der Waals surface area contributed by atoms with E-state index in [9.17, 15) is 9.59 Å². The molecule has 0 aliphatic rings. The lowest BCUT2D eigenvalue weighted by Gasteiger charge is -2.33. The van der Waals surface area contributed by atoms with Crippen LogP contribution in [-0.2, 0) is 22.7 Å². The second-order valence-corrected chi connectivity index (χ2v) is 10.4. The average Bonchev–Trinajstić information content (AvgIpc) is 2.94. The van der Waals surface area contributed by atoms with Crippen LogP contribution in [0.25, 0.3) is 0 Å². The largest absolute Gasteiger partial charge is 0.445 e. The highest BCUT2D eigenvalue weighted by molar-refractivity contribution is 5.90. The zero-order chi connectivity index (χ0) is 27.5. The Labute approximate surface area is 231 Å². The number of rotatable bonds is 12. The van der Waals surface area contributed by atoms with Crippen molar-refractivity contribution in [3.05, 3.63) is 144 Å². The fourth-order valence-electron chi connectivity index (χ4n) is 4.81. The molecule has 0 heterocycles. The van der Waals surface area contributed by atoms with E-state index in [0.29, 0.717) is 13.1 Å². The highest BCUT2D eigenvalue weighted by Gasteiger charge is 2.29. The fraction of sp³-hybridized carbons (Fsp3) is 0.235. The molecule has 1 N–H and O–H groups in total. The third kappa shape index (κ3) is 8.66. The Kier molecular flexibility index (Phi) is 9.65. The number of Topliss-reactive ketones (excluding diaryl/α,β-unsaturated/α-hetero) is 1. The molecule has 39 heavy (non-hydrogen) atoms. The van der Waals surface area contributed by atoms with Gasteiger partial charge in [-0.3, -0.25) is 9.69 Å². The Hall–Kier alpha value is -4.22. The van der Waals surface area contributed by atoms with Gasteiger partial charge in [0, 0.05) is 13.1 Å². The summed E-state index contributed by atoms with van der Waals surface area (Å²) in [6.45, 7) is 5.37. The van der Waals surface area contributed by atoms with Gasteiger partial charge in [0.05, 0.1) is 18.0 Å². The Bertz CT molecular complexity index is 1270. The molecule has 4 aromatic rings. The topological polar surface area (TPSA) is 58.6 Å². The van der Waals surface area contributed by atoms with Crippen molar-refractivity contribution >= 4 is 11.9 Å². The van der Waals surface area contributed by atoms with Gasteiger partial charge in [0.1, 0.15) is 6.61 Å². The maximum absolute atomic E-state index is 14.0. The average molecular weight is 521 g/mol. The smallest absolute Gasteiger partial charge is 0.407 e. The summed E-state index contributed by atoms with van der Waals surface area (Å²) in [6, 6.07) is 39.5. The van der Waals surface area contributed by atoms with E-state index in [1.54, 1.807) is 0 Å². The van der Waals surface area contributed by atoms with E-state index in [2.05, 4.69) is 22.3 Å². The van der Waals surface area contributed by atoms with Crippen LogP contribution in [0.1, 0.15) is 42.0 Å². The van der Waals surface area contributed by atoms with Crippen molar-refractivity contribution in [1.82, 2.24) is 10.2 Å². The maximum Gasteiger partial charge on any atom is 0.407 e. The van der Waals surface area contributed by atoms with Crippen LogP contribution in [0.15, 0.2) is 121 Å². The van der Waals surface area contributed by atoms with Crippen LogP contribution >= 0.6 is 0 Å². The number of carbonyl (C=O) groups is 2. The zero-order valence-electron chi connectivity index (χ0n) is 22.6. The standard InChI is InChI=1S/C34H36N2O3/c1-34(2,35-33(38)39-25-28-17-9-4-10-18-28)26-36(23-27-15-7-3-8-16-27)24-31(37)32(29-19-11-5-12-20-29)30-21-13-6-14-22-30/h3-22,32H,23-26H2,1-2H3,(H,35,38). The van der Waals surface area contributed by atoms with Crippen LogP contribution < -0.4 is 5.32 Å². The number of hydrogen-bond acceptors (Lipinski definition) is 4. The number of hydrogen-bond donors (Lipinski definition) is 1. The van der Waals surface area contributed by atoms with E-state index in [1.807, 2.05) is 123 Å². The molecule has 0 atom stereocenters. The molecule has 0 aliphatic carbocycles. The number of carbonyl (C=O) groups excluding carboxylic acids is 2. The molecule has 0 bridgehead atoms. The summed E-state index contributed by atoms with van der Waals surface area (Å²) in [7, 11) is 0. The predicted molar refractivity (Wildman–Crippen MR) is 155 cm³/mol. The van der Waals surface area contributed by atoms with Crippen LogP contribution in [0, 0.1) is 0 Å². The lowest BCUT2D eigenvalue weighted by molar-refractivity contribution is -0.121. The molecule has 4 rings (SSSR count). The number of benzene rings is 4. The van der Waals surface area contributed by atoms with Gasteiger partial charge in [-0.15, -0.1) is 0 Å². The number of amides is 1. The maximum atomic E-state index is 14.0. The van der Waals surface area contributed by atoms with Crippen LogP contribution in [0.4, 0.5) is 4.79 Å². The molecule has 0 radical (unpaired) electrons. The molecule has 4 aromatic carbocycles. The van der Waals surface area contributed by atoms with E-state index >= 15 is 0 Å². The van der Waals surface area contributed by atoms with Gasteiger partial charge in [-0.05, 0) is 36.1 Å². The molecule has 0 saturated heterocycles. The van der Waals surface area contributed by atoms with Crippen molar-refractivity contribution in [3.8, 4) is 0 Å². The third-order valence-electron chi connectivity index (χ3n) is 6.49. The Morgan fingerprint density at radius 1 is 0.718 bits per heavy atom. The van der Waals surface area contributed by atoms with Gasteiger partial charge in [0.15, 0.2) is 5.78 Å². The quantitative estimate of drug-likeness (QED) is 0.229. The van der Waals surface area contributed by atoms with Crippen molar-refractivity contribution in [2.75, 3.05) is 13.1 Å². The van der Waals surface area contributed by atoms with Crippen LogP contribution in [0.2, 0.25) is 0 Å². The molecule has 5 heteroatoms. The SMILES string of the molecule is CC(C)(CN(CC(=O)C(c1ccccc1)c1ccccc1)Cc1ccccc1)NC(=O)OCc1ccccc1. The number of ether oxygens (including phenoxy) is 1. The normalized spacial score (nSPS) is 11.4. The summed E-state index contributed by atoms with van der Waals surface area (Å²) >= 11 is 0. The van der Waals surface area contributed by atoms with Crippen molar-refractivity contribution in [2.45, 2.75) is 38.5 Å². The molecule has 0 fully saturated rings. The van der Waals surface area contributed by atoms with Crippen molar-refractivity contribution < 1.29 is 14.3 Å². The summed E-state index contributed by atoms with van der Waals surface area (Å²) in [5.74, 6) is -0.275. The molecule has 0 aromatic heterocycles. The Morgan fingerprint density at radius 3 is 1.69 bits per heavy atom. The van der Waals surface area contributed by atoms with E-state index in [0.717, 1.165) is 22.3 Å². The monoisotopic (exact) mass is 520 g/mol. The Morgan fingerprint density at radius 2 is 1.18 bits per heavy atom. The van der Waals surface area contributed by atoms with Gasteiger partial charge < -0.3 is 10.1 Å². The minimum absolute atomic E-state index is 0.103. The summed E-state index contributed by atoms with van der Waals surface area (Å²) in [5, 5.41) is 2.99. The van der Waals surface area contributed by atoms with Gasteiger partial charge in [0.25, 0.3) is 0 Å². The molecule has 0 aliphatic heterocycles. The molecular weight excluding hydrogens is 484 g/mol. The van der Waals surface area contributed by atoms with Gasteiger partial charge >= 0.3 is 6.09 Å². The van der Waals surface area contributed by atoms with Gasteiger partial charge in [-0.2, -0.15) is 0 Å². The first kappa shape index (κ1) is 27.8. The first-order valence-electron chi connectivity index (χ1n) is 13.3. The molecule has 0 saturated carbocycles. The van der Waals surface area contributed by atoms with E-state index in [1.165, 1.54) is 0 Å². The molecular formula is C34H36N2O3. The zero-order valence-corrected chi connectivity index (χ0v) is 22.6. The minimum atomic E-state index is -0.641. The summed E-state index contributed by atoms with van der Waals surface area (Å²) in [4.78, 5) is 28.7. The lowest BCUT2D eigenvalue weighted by Crippen LogP contribution is -2.52. The second-order valence-electron chi connectivity index (χ2n) is 10.4. The second kappa shape index (κ2) is 13.5. The summed E-state index contributed by atoms with van der Waals surface area (Å²) < 4.78 is 5.46. The third-order valence-corrected chi connectivity index (χ3v) is 6.49. The molecule has 200 valence electrons. The van der Waals surface area contributed by atoms with Crippen LogP contribution in [-0.4, -0.2) is 35.4 Å². The van der Waals surface area contributed by atoms with Crippen molar-refractivity contribution in [2.24, 2.45) is 0 Å². The Balaban J connectivity index is 1.50. The summed E-state index contributed by atoms with van der Waals surface area (Å²) in [5.41, 5.74) is 3.32. The van der Waals surface area contributed by atoms with Gasteiger partial charge in [0.2, 0.25) is 0 Å². The van der Waals surface area contributed by atoms with Gasteiger partial charge in [-0.1, -0.05) is 121 Å². The number of ketones is 1. The van der Waals surface area contributed by atoms with Crippen molar-refractivity contribution in [1.29, 1.82) is 0 Å². The number of alkyl carbamates (subject to hydrolysis) is 1. The number of nitrogens with one attached hydrogen (secondary N) is 1. The molecule has 0 unspecified atom stereocenters. The first-order chi connectivity index (χ1) is 18.9. The molecule has 5 nitrogen and oxygen atoms in total. The minimum Gasteiger partial charge on any atom is -0.445 e. The lowest BCUT2D eigenvalue weighted by atomic mass is 9.87. The number of nitrogens with zero attached hydrogens (tertiary/aromatic N) is 1. The van der Waals surface area contributed by atoms with Gasteiger partial charge in [-0.25, -0.2) is 4.79 Å². The van der Waals surface area contributed by atoms with E-state index < -0.39 is 11.6 Å². The molecule has 0 spiro atoms. The molecule has 1 amide bonds. The predicted octanol–water partition coefficient (Wildman–Crippen LogP) is 6.59. The van der Waals surface area contributed by atoms with Crippen molar-refractivity contribution in [3.63, 3.8) is 0 Å². The van der Waals surface area contributed by atoms with Crippen LogP contribution in [0.5, 0.6) is 0 Å². The highest BCUT2D eigenvalue weighted by Crippen LogP contribution is 2.26. The van der Waals surface area contributed by atoms with E-state index in [-0.39, 0.29) is 24.9 Å². The highest BCUT2D eigenvalue weighted by atomic mass is 16.5. The fourth-order valence-corrected chi connectivity index (χ4v) is 4.81. The summed E-state index contributed by atoms with van der Waals surface area (Å²) in [6.07, 6.45) is -0.485.